The Morgan fingerprint density at radius 1 is 0.850 bits per heavy atom. The third-order valence-corrected chi connectivity index (χ3v) is 3.47. The number of pyridine rings is 1. The zero-order valence-electron chi connectivity index (χ0n) is 12.5. The van der Waals surface area contributed by atoms with Gasteiger partial charge in [0, 0.05) is 19.0 Å². The van der Waals surface area contributed by atoms with E-state index in [1.54, 1.807) is 6.20 Å². The van der Waals surface area contributed by atoms with Crippen LogP contribution in [-0.4, -0.2) is 4.98 Å². The minimum absolute atomic E-state index is 0.784. The highest BCUT2D eigenvalue weighted by atomic mass is 14.7. The fourth-order valence-corrected chi connectivity index (χ4v) is 2.29. The molecule has 2 aromatic carbocycles. The van der Waals surface area contributed by atoms with Crippen molar-refractivity contribution in [2.24, 2.45) is 0 Å². The Morgan fingerprint density at radius 3 is 2.20 bits per heavy atom. The Labute approximate surface area is 121 Å². The average molecular weight is 260 g/mol. The van der Waals surface area contributed by atoms with Gasteiger partial charge in [0.15, 0.2) is 0 Å². The summed E-state index contributed by atoms with van der Waals surface area (Å²) in [6, 6.07) is 23.9. The van der Waals surface area contributed by atoms with Crippen molar-refractivity contribution in [2.45, 2.75) is 12.8 Å². The molecule has 1 unspecified atom stereocenters. The average Bonchev–Trinajstić information content (AvgIpc) is 2.57. The van der Waals surface area contributed by atoms with Crippen molar-refractivity contribution >= 4 is 0 Å². The molecule has 1 aromatic heterocycles. The molecule has 0 spiro atoms. The molecule has 0 aliphatic heterocycles. The summed E-state index contributed by atoms with van der Waals surface area (Å²) < 4.78 is 8.74. The van der Waals surface area contributed by atoms with E-state index >= 15 is 0 Å². The lowest BCUT2D eigenvalue weighted by Crippen LogP contribution is -1.97. The molecule has 0 N–H and O–H groups in total. The molecular formula is C19H17N. The second kappa shape index (κ2) is 5.70. The summed E-state index contributed by atoms with van der Waals surface area (Å²) in [5.74, 6) is -0.784. The van der Waals surface area contributed by atoms with E-state index in [4.69, 9.17) is 1.37 Å². The first-order valence-corrected chi connectivity index (χ1v) is 6.75. The van der Waals surface area contributed by atoms with Crippen molar-refractivity contribution in [1.29, 1.82) is 0 Å². The van der Waals surface area contributed by atoms with Crippen molar-refractivity contribution in [3.05, 3.63) is 90.1 Å². The van der Waals surface area contributed by atoms with Crippen LogP contribution >= 0.6 is 0 Å². The van der Waals surface area contributed by atoms with E-state index in [-0.39, 0.29) is 0 Å². The minimum atomic E-state index is -0.784. The van der Waals surface area contributed by atoms with Gasteiger partial charge in [0.25, 0.3) is 0 Å². The van der Waals surface area contributed by atoms with E-state index in [0.717, 1.165) is 22.4 Å². The molecule has 0 bridgehead atoms. The minimum Gasteiger partial charge on any atom is -0.256 e. The lowest BCUT2D eigenvalue weighted by Gasteiger charge is -2.13. The lowest BCUT2D eigenvalue weighted by molar-refractivity contribution is 0.918. The molecule has 98 valence electrons. The molecule has 0 fully saturated rings. The smallest absolute Gasteiger partial charge is 0.0704 e. The molecule has 1 heteroatoms. The molecule has 20 heavy (non-hydrogen) atoms. The third kappa shape index (κ3) is 2.62. The predicted molar refractivity (Wildman–Crippen MR) is 83.6 cm³/mol. The summed E-state index contributed by atoms with van der Waals surface area (Å²) >= 11 is 0. The molecule has 1 atom stereocenters. The maximum atomic E-state index is 8.74. The maximum absolute atomic E-state index is 8.74. The van der Waals surface area contributed by atoms with Gasteiger partial charge < -0.3 is 0 Å². The van der Waals surface area contributed by atoms with Crippen LogP contribution in [0.15, 0.2) is 79.0 Å². The number of aromatic nitrogens is 1. The molecule has 0 aliphatic rings. The first-order chi connectivity index (χ1) is 10.2. The van der Waals surface area contributed by atoms with Crippen LogP contribution in [0, 0.1) is 0 Å². The fourth-order valence-electron chi connectivity index (χ4n) is 2.29. The van der Waals surface area contributed by atoms with E-state index in [9.17, 15) is 0 Å². The molecule has 3 rings (SSSR count). The Balaban J connectivity index is 2.04. The summed E-state index contributed by atoms with van der Waals surface area (Å²) in [6.45, 7) is 1.92. The Kier molecular flexibility index (Phi) is 3.26. The Bertz CT molecular complexity index is 721. The van der Waals surface area contributed by atoms with Crippen LogP contribution in [0.5, 0.6) is 0 Å². The summed E-state index contributed by atoms with van der Waals surface area (Å²) in [5.41, 5.74) is 3.91. The highest BCUT2D eigenvalue weighted by Crippen LogP contribution is 2.26. The van der Waals surface area contributed by atoms with Crippen molar-refractivity contribution < 1.29 is 1.37 Å². The first kappa shape index (κ1) is 11.4. The highest BCUT2D eigenvalue weighted by molar-refractivity contribution is 5.59. The van der Waals surface area contributed by atoms with Crippen molar-refractivity contribution in [1.82, 2.24) is 4.98 Å². The van der Waals surface area contributed by atoms with E-state index in [2.05, 4.69) is 4.98 Å². The van der Waals surface area contributed by atoms with Gasteiger partial charge in [-0.15, -0.1) is 0 Å². The van der Waals surface area contributed by atoms with Crippen molar-refractivity contribution in [3.63, 3.8) is 0 Å². The fraction of sp³-hybridized carbons (Fsp3) is 0.105. The summed E-state index contributed by atoms with van der Waals surface area (Å²) in [7, 11) is 0. The van der Waals surface area contributed by atoms with Crippen LogP contribution in [0.1, 0.15) is 25.3 Å². The van der Waals surface area contributed by atoms with Gasteiger partial charge in [-0.1, -0.05) is 67.6 Å². The van der Waals surface area contributed by atoms with E-state index in [1.807, 2.05) is 79.7 Å². The lowest BCUT2D eigenvalue weighted by atomic mass is 9.93. The standard InChI is InChI=1S/C19H17N/c1-15(16-8-4-2-5-9-16)18-12-13-20-19(14-18)17-10-6-3-7-11-17/h2-15H,1H3/i15D. The third-order valence-electron chi connectivity index (χ3n) is 3.47. The van der Waals surface area contributed by atoms with Gasteiger partial charge in [0.2, 0.25) is 0 Å². The molecule has 0 radical (unpaired) electrons. The molecule has 0 saturated carbocycles. The zero-order chi connectivity index (χ0) is 14.7. The number of benzene rings is 2. The second-order valence-electron chi connectivity index (χ2n) is 4.79. The van der Waals surface area contributed by atoms with E-state index < -0.39 is 5.89 Å². The van der Waals surface area contributed by atoms with Gasteiger partial charge in [-0.3, -0.25) is 4.98 Å². The van der Waals surface area contributed by atoms with Crippen molar-refractivity contribution in [2.75, 3.05) is 0 Å². The van der Waals surface area contributed by atoms with Gasteiger partial charge >= 0.3 is 0 Å². The highest BCUT2D eigenvalue weighted by Gasteiger charge is 2.09. The number of hydrogen-bond acceptors (Lipinski definition) is 1. The molecule has 0 saturated heterocycles. The van der Waals surface area contributed by atoms with Crippen molar-refractivity contribution in [3.8, 4) is 11.3 Å². The zero-order valence-corrected chi connectivity index (χ0v) is 11.5. The van der Waals surface area contributed by atoms with Gasteiger partial charge in [-0.25, -0.2) is 0 Å². The summed E-state index contributed by atoms with van der Waals surface area (Å²) in [6.07, 6.45) is 1.79. The van der Waals surface area contributed by atoms with Crippen LogP contribution in [-0.2, 0) is 0 Å². The maximum Gasteiger partial charge on any atom is 0.0704 e. The molecule has 0 aliphatic carbocycles. The van der Waals surface area contributed by atoms with Crippen LogP contribution in [0.2, 0.25) is 0 Å². The summed E-state index contributed by atoms with van der Waals surface area (Å²) in [5, 5.41) is 0. The SMILES string of the molecule is [2H]C(C)(c1ccccc1)c1ccnc(-c2ccccc2)c1. The van der Waals surface area contributed by atoms with Crippen LogP contribution < -0.4 is 0 Å². The second-order valence-corrected chi connectivity index (χ2v) is 4.79. The number of hydrogen-bond donors (Lipinski definition) is 0. The topological polar surface area (TPSA) is 12.9 Å². The van der Waals surface area contributed by atoms with E-state index in [1.165, 1.54) is 0 Å². The van der Waals surface area contributed by atoms with Gasteiger partial charge in [-0.05, 0) is 23.3 Å². The normalized spacial score (nSPS) is 14.3. The molecular weight excluding hydrogens is 242 g/mol. The van der Waals surface area contributed by atoms with Gasteiger partial charge in [0.1, 0.15) is 0 Å². The predicted octanol–water partition coefficient (Wildman–Crippen LogP) is 4.90. The summed E-state index contributed by atoms with van der Waals surface area (Å²) in [4.78, 5) is 4.43. The van der Waals surface area contributed by atoms with Gasteiger partial charge in [-0.2, -0.15) is 0 Å². The Morgan fingerprint density at radius 2 is 1.50 bits per heavy atom. The van der Waals surface area contributed by atoms with Crippen LogP contribution in [0.4, 0.5) is 0 Å². The van der Waals surface area contributed by atoms with E-state index in [0.29, 0.717) is 0 Å². The first-order valence-electron chi connectivity index (χ1n) is 7.25. The monoisotopic (exact) mass is 260 g/mol. The molecule has 0 amide bonds. The number of rotatable bonds is 3. The quantitative estimate of drug-likeness (QED) is 0.652. The van der Waals surface area contributed by atoms with Gasteiger partial charge in [0.05, 0.1) is 5.69 Å². The van der Waals surface area contributed by atoms with Crippen LogP contribution in [0.25, 0.3) is 11.3 Å². The molecule has 1 heterocycles. The molecule has 3 aromatic rings. The van der Waals surface area contributed by atoms with Crippen LogP contribution in [0.3, 0.4) is 0 Å². The number of nitrogens with zero attached hydrogens (tertiary/aromatic N) is 1. The largest absolute Gasteiger partial charge is 0.256 e. The molecule has 1 nitrogen and oxygen atoms in total. The Hall–Kier alpha value is -2.41.